The second-order valence-electron chi connectivity index (χ2n) is 6.72. The molecule has 1 unspecified atom stereocenters. The van der Waals surface area contributed by atoms with Crippen LogP contribution in [0, 0.1) is 6.92 Å². The van der Waals surface area contributed by atoms with E-state index in [4.69, 9.17) is 4.42 Å². The van der Waals surface area contributed by atoms with Crippen molar-refractivity contribution in [2.24, 2.45) is 0 Å². The summed E-state index contributed by atoms with van der Waals surface area (Å²) < 4.78 is 28.4. The number of rotatable bonds is 3. The maximum absolute atomic E-state index is 12.4. The fraction of sp³-hybridized carbons (Fsp3) is 0.412. The van der Waals surface area contributed by atoms with Crippen LogP contribution in [0.15, 0.2) is 33.5 Å². The van der Waals surface area contributed by atoms with Crippen LogP contribution in [0.4, 0.5) is 0 Å². The molecule has 7 heteroatoms. The van der Waals surface area contributed by atoms with Gasteiger partial charge >= 0.3 is 5.63 Å². The number of sulfone groups is 1. The van der Waals surface area contributed by atoms with Crippen molar-refractivity contribution in [3.05, 3.63) is 45.8 Å². The molecule has 1 amide bonds. The number of hydrogen-bond acceptors (Lipinski definition) is 5. The van der Waals surface area contributed by atoms with Crippen molar-refractivity contribution in [3.8, 4) is 0 Å². The predicted octanol–water partition coefficient (Wildman–Crippen LogP) is 1.34. The quantitative estimate of drug-likeness (QED) is 0.844. The zero-order chi connectivity index (χ0) is 17.5. The first-order valence-electron chi connectivity index (χ1n) is 7.71. The molecule has 1 aromatic heterocycles. The number of nitrogens with one attached hydrogen (secondary N) is 1. The second-order valence-corrected chi connectivity index (χ2v) is 8.90. The summed E-state index contributed by atoms with van der Waals surface area (Å²) >= 11 is 0. The van der Waals surface area contributed by atoms with Crippen LogP contribution in [-0.2, 0) is 21.1 Å². The molecule has 1 aromatic carbocycles. The molecule has 1 aliphatic rings. The number of fused-ring (bicyclic) bond motifs is 1. The van der Waals surface area contributed by atoms with E-state index in [1.165, 1.54) is 6.07 Å². The Kier molecular flexibility index (Phi) is 3.99. The standard InChI is InChI=1S/C17H19NO5S/c1-11-3-4-13-12(9-16(20)23-14(13)7-11)8-15(19)18-17(2)5-6-24(21,22)10-17/h3-4,7,9H,5-6,8,10H2,1-2H3,(H,18,19). The lowest BCUT2D eigenvalue weighted by Gasteiger charge is -2.24. The van der Waals surface area contributed by atoms with Gasteiger partial charge in [-0.3, -0.25) is 4.79 Å². The molecule has 128 valence electrons. The van der Waals surface area contributed by atoms with E-state index >= 15 is 0 Å². The summed E-state index contributed by atoms with van der Waals surface area (Å²) in [5.74, 6) is -0.272. The van der Waals surface area contributed by atoms with Gasteiger partial charge in [0.2, 0.25) is 5.91 Å². The minimum Gasteiger partial charge on any atom is -0.423 e. The molecule has 1 saturated heterocycles. The molecule has 1 fully saturated rings. The molecule has 1 aliphatic heterocycles. The molecule has 24 heavy (non-hydrogen) atoms. The topological polar surface area (TPSA) is 93.5 Å². The highest BCUT2D eigenvalue weighted by atomic mass is 32.2. The average molecular weight is 349 g/mol. The summed E-state index contributed by atoms with van der Waals surface area (Å²) in [6.07, 6.45) is 0.402. The minimum absolute atomic E-state index is 0.000792. The van der Waals surface area contributed by atoms with Gasteiger partial charge in [0, 0.05) is 11.5 Å². The summed E-state index contributed by atoms with van der Waals surface area (Å²) in [6, 6.07) is 6.76. The zero-order valence-electron chi connectivity index (χ0n) is 13.6. The van der Waals surface area contributed by atoms with Gasteiger partial charge in [-0.25, -0.2) is 13.2 Å². The summed E-state index contributed by atoms with van der Waals surface area (Å²) in [5, 5.41) is 3.51. The number of amides is 1. The van der Waals surface area contributed by atoms with Crippen LogP contribution in [0.1, 0.15) is 24.5 Å². The largest absolute Gasteiger partial charge is 0.423 e. The maximum Gasteiger partial charge on any atom is 0.336 e. The van der Waals surface area contributed by atoms with E-state index < -0.39 is 21.0 Å². The van der Waals surface area contributed by atoms with Crippen LogP contribution < -0.4 is 10.9 Å². The van der Waals surface area contributed by atoms with Crippen molar-refractivity contribution in [1.82, 2.24) is 5.32 Å². The highest BCUT2D eigenvalue weighted by Crippen LogP contribution is 2.24. The molecule has 6 nitrogen and oxygen atoms in total. The van der Waals surface area contributed by atoms with Crippen molar-refractivity contribution in [2.75, 3.05) is 11.5 Å². The minimum atomic E-state index is -3.10. The van der Waals surface area contributed by atoms with E-state index in [2.05, 4.69) is 5.32 Å². The molecular formula is C17H19NO5S. The monoisotopic (exact) mass is 349 g/mol. The summed E-state index contributed by atoms with van der Waals surface area (Å²) in [7, 11) is -3.10. The lowest BCUT2D eigenvalue weighted by molar-refractivity contribution is -0.121. The van der Waals surface area contributed by atoms with Gasteiger partial charge in [0.25, 0.3) is 0 Å². The Morgan fingerprint density at radius 1 is 1.33 bits per heavy atom. The van der Waals surface area contributed by atoms with Crippen molar-refractivity contribution in [1.29, 1.82) is 0 Å². The van der Waals surface area contributed by atoms with Crippen molar-refractivity contribution < 1.29 is 17.6 Å². The van der Waals surface area contributed by atoms with E-state index in [0.29, 0.717) is 23.0 Å². The Balaban J connectivity index is 1.85. The molecule has 0 spiro atoms. The Labute approximate surface area is 139 Å². The lowest BCUT2D eigenvalue weighted by atomic mass is 10.0. The fourth-order valence-corrected chi connectivity index (χ4v) is 5.24. The SMILES string of the molecule is Cc1ccc2c(CC(=O)NC3(C)CCS(=O)(=O)C3)cc(=O)oc2c1. The molecule has 2 heterocycles. The Morgan fingerprint density at radius 2 is 2.08 bits per heavy atom. The molecule has 1 atom stereocenters. The van der Waals surface area contributed by atoms with Gasteiger partial charge in [0.15, 0.2) is 9.84 Å². The van der Waals surface area contributed by atoms with E-state index in [0.717, 1.165) is 5.56 Å². The maximum atomic E-state index is 12.4. The molecule has 0 radical (unpaired) electrons. The van der Waals surface area contributed by atoms with Crippen LogP contribution >= 0.6 is 0 Å². The molecule has 0 saturated carbocycles. The lowest BCUT2D eigenvalue weighted by Crippen LogP contribution is -2.47. The van der Waals surface area contributed by atoms with Crippen LogP contribution in [0.3, 0.4) is 0 Å². The van der Waals surface area contributed by atoms with Gasteiger partial charge in [-0.15, -0.1) is 0 Å². The number of carbonyl (C=O) groups excluding carboxylic acids is 1. The van der Waals surface area contributed by atoms with Crippen LogP contribution in [0.25, 0.3) is 11.0 Å². The highest BCUT2D eigenvalue weighted by molar-refractivity contribution is 7.91. The van der Waals surface area contributed by atoms with E-state index in [1.54, 1.807) is 13.0 Å². The van der Waals surface area contributed by atoms with Crippen molar-refractivity contribution >= 4 is 26.7 Å². The molecule has 2 aromatic rings. The smallest absolute Gasteiger partial charge is 0.336 e. The van der Waals surface area contributed by atoms with Gasteiger partial charge in [0.05, 0.1) is 23.5 Å². The first kappa shape index (κ1) is 16.7. The first-order chi connectivity index (χ1) is 11.2. The number of benzene rings is 1. The summed E-state index contributed by atoms with van der Waals surface area (Å²) in [4.78, 5) is 24.1. The number of aryl methyl sites for hydroxylation is 1. The normalized spacial score (nSPS) is 22.6. The zero-order valence-corrected chi connectivity index (χ0v) is 14.4. The Bertz CT molecular complexity index is 976. The van der Waals surface area contributed by atoms with Crippen molar-refractivity contribution in [3.63, 3.8) is 0 Å². The van der Waals surface area contributed by atoms with Crippen molar-refractivity contribution in [2.45, 2.75) is 32.2 Å². The van der Waals surface area contributed by atoms with Crippen LogP contribution in [0.5, 0.6) is 0 Å². The summed E-state index contributed by atoms with van der Waals surface area (Å²) in [6.45, 7) is 3.62. The van der Waals surface area contributed by atoms with Crippen LogP contribution in [-0.4, -0.2) is 31.4 Å². The third-order valence-corrected chi connectivity index (χ3v) is 6.18. The Morgan fingerprint density at radius 3 is 2.75 bits per heavy atom. The number of carbonyl (C=O) groups is 1. The fourth-order valence-electron chi connectivity index (χ4n) is 3.15. The van der Waals surface area contributed by atoms with Gasteiger partial charge in [-0.2, -0.15) is 0 Å². The first-order valence-corrected chi connectivity index (χ1v) is 9.53. The van der Waals surface area contributed by atoms with Gasteiger partial charge in [0.1, 0.15) is 5.58 Å². The molecule has 3 rings (SSSR count). The van der Waals surface area contributed by atoms with E-state index in [9.17, 15) is 18.0 Å². The predicted molar refractivity (Wildman–Crippen MR) is 90.7 cm³/mol. The number of hydrogen-bond donors (Lipinski definition) is 1. The second kappa shape index (κ2) is 5.73. The average Bonchev–Trinajstić information content (AvgIpc) is 2.71. The third kappa shape index (κ3) is 3.51. The van der Waals surface area contributed by atoms with Gasteiger partial charge in [-0.1, -0.05) is 12.1 Å². The van der Waals surface area contributed by atoms with Crippen LogP contribution in [0.2, 0.25) is 0 Å². The molecular weight excluding hydrogens is 330 g/mol. The van der Waals surface area contributed by atoms with Gasteiger partial charge in [-0.05, 0) is 37.5 Å². The van der Waals surface area contributed by atoms with E-state index in [-0.39, 0.29) is 23.8 Å². The van der Waals surface area contributed by atoms with E-state index in [1.807, 2.05) is 19.1 Å². The summed E-state index contributed by atoms with van der Waals surface area (Å²) in [5.41, 5.74) is 0.714. The molecule has 0 aliphatic carbocycles. The Hall–Kier alpha value is -2.15. The molecule has 1 N–H and O–H groups in total. The third-order valence-electron chi connectivity index (χ3n) is 4.28. The highest BCUT2D eigenvalue weighted by Gasteiger charge is 2.39. The van der Waals surface area contributed by atoms with Gasteiger partial charge < -0.3 is 9.73 Å². The molecule has 0 bridgehead atoms.